The molecule has 0 bridgehead atoms. The van der Waals surface area contributed by atoms with Crippen LogP contribution in [-0.4, -0.2) is 30.9 Å². The molecular weight excluding hydrogens is 344 g/mol. The number of aryl methyl sites for hydroxylation is 2. The topological polar surface area (TPSA) is 75.7 Å². The fraction of sp³-hybridized carbons (Fsp3) is 0.286. The second-order valence-corrected chi connectivity index (χ2v) is 6.16. The second-order valence-electron chi connectivity index (χ2n) is 6.16. The van der Waals surface area contributed by atoms with Gasteiger partial charge < -0.3 is 15.0 Å². The average molecular weight is 368 g/mol. The van der Waals surface area contributed by atoms with Crippen LogP contribution in [0.25, 0.3) is 0 Å². The van der Waals surface area contributed by atoms with Crippen molar-refractivity contribution in [2.45, 2.75) is 27.7 Å². The number of anilines is 2. The van der Waals surface area contributed by atoms with Gasteiger partial charge in [-0.3, -0.25) is 9.59 Å². The summed E-state index contributed by atoms with van der Waals surface area (Å²) in [4.78, 5) is 38.3. The van der Waals surface area contributed by atoms with Gasteiger partial charge in [0.25, 0.3) is 0 Å². The number of hydrogen-bond acceptors (Lipinski definition) is 4. The maximum Gasteiger partial charge on any atom is 0.340 e. The van der Waals surface area contributed by atoms with Gasteiger partial charge in [0.15, 0.2) is 0 Å². The molecule has 2 aromatic carbocycles. The van der Waals surface area contributed by atoms with Crippen molar-refractivity contribution in [3.05, 3.63) is 59.2 Å². The molecule has 0 aliphatic heterocycles. The lowest BCUT2D eigenvalue weighted by atomic mass is 10.1. The monoisotopic (exact) mass is 368 g/mol. The number of hydrogen-bond donors (Lipinski definition) is 1. The maximum absolute atomic E-state index is 12.6. The predicted octanol–water partition coefficient (Wildman–Crippen LogP) is 3.47. The van der Waals surface area contributed by atoms with Crippen LogP contribution in [0, 0.1) is 13.8 Å². The molecule has 0 spiro atoms. The summed E-state index contributed by atoms with van der Waals surface area (Å²) in [5, 5.41) is 2.86. The molecule has 142 valence electrons. The molecule has 0 fully saturated rings. The van der Waals surface area contributed by atoms with Gasteiger partial charge in [0.2, 0.25) is 11.8 Å². The first-order chi connectivity index (χ1) is 12.8. The maximum atomic E-state index is 12.6. The Balaban J connectivity index is 2.28. The van der Waals surface area contributed by atoms with Crippen molar-refractivity contribution in [3.8, 4) is 0 Å². The fourth-order valence-electron chi connectivity index (χ4n) is 2.79. The minimum absolute atomic E-state index is 0.209. The quantitative estimate of drug-likeness (QED) is 0.792. The van der Waals surface area contributed by atoms with Crippen LogP contribution in [-0.2, 0) is 14.3 Å². The summed E-state index contributed by atoms with van der Waals surface area (Å²) in [5.74, 6) is -1.22. The SMILES string of the molecule is CCOC(=O)c1ccccc1N(CC(=O)Nc1c(C)cccc1C)C(C)=O. The number of carbonyl (C=O) groups is 3. The zero-order valence-electron chi connectivity index (χ0n) is 16.0. The van der Waals surface area contributed by atoms with E-state index in [0.717, 1.165) is 16.8 Å². The van der Waals surface area contributed by atoms with Gasteiger partial charge in [-0.25, -0.2) is 4.79 Å². The van der Waals surface area contributed by atoms with Gasteiger partial charge in [0.05, 0.1) is 17.9 Å². The highest BCUT2D eigenvalue weighted by Crippen LogP contribution is 2.23. The number of amides is 2. The number of carbonyl (C=O) groups excluding carboxylic acids is 3. The summed E-state index contributed by atoms with van der Waals surface area (Å²) in [6.45, 7) is 6.89. The summed E-state index contributed by atoms with van der Waals surface area (Å²) in [6, 6.07) is 12.3. The third kappa shape index (κ3) is 4.94. The molecule has 6 heteroatoms. The number of rotatable bonds is 6. The number of para-hydroxylation sites is 2. The molecule has 0 saturated carbocycles. The lowest BCUT2D eigenvalue weighted by Crippen LogP contribution is -2.37. The van der Waals surface area contributed by atoms with Crippen molar-refractivity contribution in [2.75, 3.05) is 23.4 Å². The summed E-state index contributed by atoms with van der Waals surface area (Å²) < 4.78 is 5.05. The Hall–Kier alpha value is -3.15. The van der Waals surface area contributed by atoms with E-state index in [1.165, 1.54) is 11.8 Å². The highest BCUT2D eigenvalue weighted by molar-refractivity contribution is 6.06. The standard InChI is InChI=1S/C21H24N2O4/c1-5-27-21(26)17-11-6-7-12-18(17)23(16(4)24)13-19(25)22-20-14(2)9-8-10-15(20)3/h6-12H,5,13H2,1-4H3,(H,22,25). The zero-order chi connectivity index (χ0) is 20.0. The van der Waals surface area contributed by atoms with Crippen LogP contribution in [0.2, 0.25) is 0 Å². The number of nitrogens with zero attached hydrogens (tertiary/aromatic N) is 1. The fourth-order valence-corrected chi connectivity index (χ4v) is 2.79. The predicted molar refractivity (Wildman–Crippen MR) is 105 cm³/mol. The number of esters is 1. The van der Waals surface area contributed by atoms with Gasteiger partial charge >= 0.3 is 5.97 Å². The number of benzene rings is 2. The molecule has 27 heavy (non-hydrogen) atoms. The van der Waals surface area contributed by atoms with Crippen LogP contribution >= 0.6 is 0 Å². The van der Waals surface area contributed by atoms with E-state index < -0.39 is 5.97 Å². The first-order valence-electron chi connectivity index (χ1n) is 8.75. The van der Waals surface area contributed by atoms with Crippen molar-refractivity contribution in [1.82, 2.24) is 0 Å². The minimum Gasteiger partial charge on any atom is -0.462 e. The van der Waals surface area contributed by atoms with E-state index in [1.54, 1.807) is 31.2 Å². The molecule has 0 heterocycles. The zero-order valence-corrected chi connectivity index (χ0v) is 16.0. The van der Waals surface area contributed by atoms with E-state index in [1.807, 2.05) is 32.0 Å². The molecule has 2 aromatic rings. The first-order valence-corrected chi connectivity index (χ1v) is 8.75. The molecule has 0 aliphatic rings. The molecule has 1 N–H and O–H groups in total. The Morgan fingerprint density at radius 2 is 1.63 bits per heavy atom. The van der Waals surface area contributed by atoms with Crippen LogP contribution in [0.5, 0.6) is 0 Å². The normalized spacial score (nSPS) is 10.2. The Labute approximate surface area is 159 Å². The average Bonchev–Trinajstić information content (AvgIpc) is 2.63. The Morgan fingerprint density at radius 3 is 2.22 bits per heavy atom. The van der Waals surface area contributed by atoms with Gasteiger partial charge in [0, 0.05) is 12.6 Å². The van der Waals surface area contributed by atoms with E-state index in [-0.39, 0.29) is 30.5 Å². The number of nitrogens with one attached hydrogen (secondary N) is 1. The highest BCUT2D eigenvalue weighted by Gasteiger charge is 2.22. The molecule has 0 aliphatic carbocycles. The van der Waals surface area contributed by atoms with Gasteiger partial charge in [-0.05, 0) is 44.0 Å². The first kappa shape index (κ1) is 20.2. The third-order valence-corrected chi connectivity index (χ3v) is 4.12. The van der Waals surface area contributed by atoms with Crippen LogP contribution in [0.15, 0.2) is 42.5 Å². The molecule has 6 nitrogen and oxygen atoms in total. The van der Waals surface area contributed by atoms with Crippen LogP contribution in [0.1, 0.15) is 35.3 Å². The molecular formula is C21H24N2O4. The van der Waals surface area contributed by atoms with Crippen molar-refractivity contribution in [2.24, 2.45) is 0 Å². The van der Waals surface area contributed by atoms with Crippen molar-refractivity contribution in [3.63, 3.8) is 0 Å². The van der Waals surface area contributed by atoms with Gasteiger partial charge in [-0.2, -0.15) is 0 Å². The van der Waals surface area contributed by atoms with E-state index in [4.69, 9.17) is 4.74 Å². The van der Waals surface area contributed by atoms with E-state index >= 15 is 0 Å². The molecule has 2 rings (SSSR count). The number of ether oxygens (including phenoxy) is 1. The molecule has 2 amide bonds. The third-order valence-electron chi connectivity index (χ3n) is 4.12. The summed E-state index contributed by atoms with van der Waals surface area (Å²) in [7, 11) is 0. The van der Waals surface area contributed by atoms with Gasteiger partial charge in [0.1, 0.15) is 6.54 Å². The van der Waals surface area contributed by atoms with Crippen LogP contribution in [0.3, 0.4) is 0 Å². The molecule has 0 radical (unpaired) electrons. The summed E-state index contributed by atoms with van der Waals surface area (Å²) in [5.41, 5.74) is 3.19. The largest absolute Gasteiger partial charge is 0.462 e. The Bertz CT molecular complexity index is 841. The van der Waals surface area contributed by atoms with Crippen molar-refractivity contribution >= 4 is 29.2 Å². The lowest BCUT2D eigenvalue weighted by molar-refractivity contribution is -0.120. The minimum atomic E-state index is -0.533. The molecule has 0 atom stereocenters. The smallest absolute Gasteiger partial charge is 0.340 e. The van der Waals surface area contributed by atoms with Crippen molar-refractivity contribution in [1.29, 1.82) is 0 Å². The molecule has 0 saturated heterocycles. The Kier molecular flexibility index (Phi) is 6.71. The Morgan fingerprint density at radius 1 is 1.00 bits per heavy atom. The summed E-state index contributed by atoms with van der Waals surface area (Å²) in [6.07, 6.45) is 0. The van der Waals surface area contributed by atoms with Crippen LogP contribution in [0.4, 0.5) is 11.4 Å². The lowest BCUT2D eigenvalue weighted by Gasteiger charge is -2.23. The van der Waals surface area contributed by atoms with Gasteiger partial charge in [-0.1, -0.05) is 30.3 Å². The van der Waals surface area contributed by atoms with E-state index in [9.17, 15) is 14.4 Å². The highest BCUT2D eigenvalue weighted by atomic mass is 16.5. The molecule has 0 unspecified atom stereocenters. The van der Waals surface area contributed by atoms with Crippen LogP contribution < -0.4 is 10.2 Å². The second kappa shape index (κ2) is 8.98. The van der Waals surface area contributed by atoms with E-state index in [2.05, 4.69) is 5.32 Å². The van der Waals surface area contributed by atoms with Crippen molar-refractivity contribution < 1.29 is 19.1 Å². The summed E-state index contributed by atoms with van der Waals surface area (Å²) >= 11 is 0. The van der Waals surface area contributed by atoms with Gasteiger partial charge in [-0.15, -0.1) is 0 Å². The van der Waals surface area contributed by atoms with E-state index in [0.29, 0.717) is 5.69 Å². The molecule has 0 aromatic heterocycles.